The molecule has 5 rings (SSSR count). The minimum Gasteiger partial charge on any atom is -0.352 e. The second-order valence-corrected chi connectivity index (χ2v) is 10.9. The molecule has 2 aliphatic rings. The van der Waals surface area contributed by atoms with E-state index in [-0.39, 0.29) is 11.8 Å². The predicted molar refractivity (Wildman–Crippen MR) is 140 cm³/mol. The van der Waals surface area contributed by atoms with Crippen LogP contribution in [0.1, 0.15) is 37.0 Å². The van der Waals surface area contributed by atoms with E-state index < -0.39 is 0 Å². The minimum atomic E-state index is -0.362. The van der Waals surface area contributed by atoms with Crippen LogP contribution in [0.3, 0.4) is 0 Å². The summed E-state index contributed by atoms with van der Waals surface area (Å²) in [6.07, 6.45) is 1.88. The standard InChI is InChI=1S/C26H33FN6OS/c1-4-31-9-8-20-21(16-31)35-25-23(20)24(29-22(30-25)14-17(2)3)32-10-12-33(13-11-32)26(34)28-19-7-5-6-18(27)15-19/h5-7,15,17H,4,8-14,16H2,1-3H3,(H,28,34). The lowest BCUT2D eigenvalue weighted by molar-refractivity contribution is 0.208. The fraction of sp³-hybridized carbons (Fsp3) is 0.500. The average Bonchev–Trinajstić information content (AvgIpc) is 3.20. The number of hydrogen-bond acceptors (Lipinski definition) is 6. The zero-order valence-corrected chi connectivity index (χ0v) is 21.5. The van der Waals surface area contributed by atoms with Crippen molar-refractivity contribution >= 4 is 39.1 Å². The summed E-state index contributed by atoms with van der Waals surface area (Å²) in [5.74, 6) is 2.05. The van der Waals surface area contributed by atoms with E-state index in [1.807, 2.05) is 11.3 Å². The zero-order valence-electron chi connectivity index (χ0n) is 20.7. The molecule has 0 spiro atoms. The smallest absolute Gasteiger partial charge is 0.321 e. The molecule has 35 heavy (non-hydrogen) atoms. The molecule has 0 bridgehead atoms. The Morgan fingerprint density at radius 3 is 2.69 bits per heavy atom. The van der Waals surface area contributed by atoms with Crippen LogP contribution in [0.15, 0.2) is 24.3 Å². The number of thiophene rings is 1. The maximum atomic E-state index is 13.5. The Hall–Kier alpha value is -2.78. The Bertz CT molecular complexity index is 1220. The molecule has 186 valence electrons. The second-order valence-electron chi connectivity index (χ2n) is 9.78. The fourth-order valence-electron chi connectivity index (χ4n) is 4.92. The number of carbonyl (C=O) groups excluding carboxylic acids is 1. The topological polar surface area (TPSA) is 64.6 Å². The third kappa shape index (κ3) is 5.11. The molecule has 2 aliphatic heterocycles. The molecule has 0 saturated carbocycles. The van der Waals surface area contributed by atoms with Gasteiger partial charge in [-0.25, -0.2) is 19.2 Å². The number of fused-ring (bicyclic) bond motifs is 3. The summed E-state index contributed by atoms with van der Waals surface area (Å²) in [5.41, 5.74) is 1.88. The number of amides is 2. The number of halogens is 1. The molecular formula is C26H33FN6OS. The predicted octanol–water partition coefficient (Wildman–Crippen LogP) is 4.76. The van der Waals surface area contributed by atoms with Gasteiger partial charge in [-0.15, -0.1) is 11.3 Å². The SMILES string of the molecule is CCN1CCc2c(sc3nc(CC(C)C)nc(N4CCN(C(=O)Nc5cccc(F)c5)CC4)c23)C1. The molecule has 0 aliphatic carbocycles. The molecule has 3 aromatic rings. The number of rotatable bonds is 5. The van der Waals surface area contributed by atoms with Crippen LogP contribution >= 0.6 is 11.3 Å². The summed E-state index contributed by atoms with van der Waals surface area (Å²) in [7, 11) is 0. The van der Waals surface area contributed by atoms with Crippen LogP contribution in [0.25, 0.3) is 10.2 Å². The highest BCUT2D eigenvalue weighted by molar-refractivity contribution is 7.19. The van der Waals surface area contributed by atoms with Crippen LogP contribution in [0, 0.1) is 11.7 Å². The highest BCUT2D eigenvalue weighted by Gasteiger charge is 2.28. The van der Waals surface area contributed by atoms with Gasteiger partial charge in [0.25, 0.3) is 0 Å². The first-order valence-electron chi connectivity index (χ1n) is 12.5. The van der Waals surface area contributed by atoms with Gasteiger partial charge in [-0.1, -0.05) is 26.8 Å². The van der Waals surface area contributed by atoms with E-state index in [0.717, 1.165) is 48.9 Å². The van der Waals surface area contributed by atoms with Gasteiger partial charge in [0.15, 0.2) is 0 Å². The minimum absolute atomic E-state index is 0.198. The van der Waals surface area contributed by atoms with Crippen molar-refractivity contribution in [1.82, 2.24) is 19.8 Å². The van der Waals surface area contributed by atoms with Gasteiger partial charge < -0.3 is 15.1 Å². The molecule has 1 aromatic carbocycles. The Labute approximate surface area is 210 Å². The second kappa shape index (κ2) is 10.1. The Kier molecular flexibility index (Phi) is 6.88. The Morgan fingerprint density at radius 2 is 1.97 bits per heavy atom. The van der Waals surface area contributed by atoms with Gasteiger partial charge in [-0.05, 0) is 42.6 Å². The van der Waals surface area contributed by atoms with Gasteiger partial charge in [0.05, 0.1) is 5.39 Å². The number of benzene rings is 1. The number of carbonyl (C=O) groups is 1. The third-order valence-corrected chi connectivity index (χ3v) is 7.90. The number of nitrogens with one attached hydrogen (secondary N) is 1. The van der Waals surface area contributed by atoms with Crippen molar-refractivity contribution in [3.8, 4) is 0 Å². The number of aromatic nitrogens is 2. The number of piperazine rings is 1. The Balaban J connectivity index is 1.38. The molecule has 1 saturated heterocycles. The monoisotopic (exact) mass is 496 g/mol. The summed E-state index contributed by atoms with van der Waals surface area (Å²) in [4.78, 5) is 31.9. The molecule has 1 fully saturated rings. The largest absolute Gasteiger partial charge is 0.352 e. The van der Waals surface area contributed by atoms with Crippen molar-refractivity contribution in [2.24, 2.45) is 5.92 Å². The lowest BCUT2D eigenvalue weighted by atomic mass is 10.0. The maximum Gasteiger partial charge on any atom is 0.321 e. The number of anilines is 2. The lowest BCUT2D eigenvalue weighted by Gasteiger charge is -2.36. The molecule has 7 nitrogen and oxygen atoms in total. The van der Waals surface area contributed by atoms with Crippen LogP contribution in [0.2, 0.25) is 0 Å². The van der Waals surface area contributed by atoms with Crippen molar-refractivity contribution in [2.75, 3.05) is 49.5 Å². The normalized spacial score (nSPS) is 16.7. The van der Waals surface area contributed by atoms with E-state index in [9.17, 15) is 9.18 Å². The van der Waals surface area contributed by atoms with Crippen molar-refractivity contribution in [3.63, 3.8) is 0 Å². The average molecular weight is 497 g/mol. The highest BCUT2D eigenvalue weighted by Crippen LogP contribution is 2.39. The number of likely N-dealkylation sites (N-methyl/N-ethyl adjacent to an activating group) is 1. The van der Waals surface area contributed by atoms with Crippen molar-refractivity contribution in [2.45, 2.75) is 40.2 Å². The summed E-state index contributed by atoms with van der Waals surface area (Å²) >= 11 is 1.82. The molecule has 9 heteroatoms. The third-order valence-electron chi connectivity index (χ3n) is 6.79. The number of hydrogen-bond donors (Lipinski definition) is 1. The molecule has 1 N–H and O–H groups in total. The van der Waals surface area contributed by atoms with Crippen LogP contribution in [-0.4, -0.2) is 65.1 Å². The fourth-order valence-corrected chi connectivity index (χ4v) is 6.19. The molecule has 4 heterocycles. The molecular weight excluding hydrogens is 463 g/mol. The summed E-state index contributed by atoms with van der Waals surface area (Å²) in [6, 6.07) is 5.80. The molecule has 0 radical (unpaired) electrons. The van der Waals surface area contributed by atoms with E-state index >= 15 is 0 Å². The van der Waals surface area contributed by atoms with E-state index in [0.29, 0.717) is 37.8 Å². The van der Waals surface area contributed by atoms with Crippen LogP contribution in [0.4, 0.5) is 20.7 Å². The highest BCUT2D eigenvalue weighted by atomic mass is 32.1. The van der Waals surface area contributed by atoms with Gasteiger partial charge in [0.1, 0.15) is 22.3 Å². The first-order chi connectivity index (χ1) is 16.9. The molecule has 2 aromatic heterocycles. The van der Waals surface area contributed by atoms with Gasteiger partial charge in [-0.3, -0.25) is 4.90 Å². The van der Waals surface area contributed by atoms with Gasteiger partial charge in [-0.2, -0.15) is 0 Å². The van der Waals surface area contributed by atoms with Gasteiger partial charge in [0.2, 0.25) is 0 Å². The summed E-state index contributed by atoms with van der Waals surface area (Å²) < 4.78 is 13.5. The van der Waals surface area contributed by atoms with E-state index in [1.165, 1.54) is 28.0 Å². The van der Waals surface area contributed by atoms with Crippen LogP contribution < -0.4 is 10.2 Å². The zero-order chi connectivity index (χ0) is 24.5. The van der Waals surface area contributed by atoms with E-state index in [4.69, 9.17) is 9.97 Å². The Morgan fingerprint density at radius 1 is 1.17 bits per heavy atom. The van der Waals surface area contributed by atoms with Crippen LogP contribution in [0.5, 0.6) is 0 Å². The molecule has 0 unspecified atom stereocenters. The number of nitrogens with zero attached hydrogens (tertiary/aromatic N) is 5. The van der Waals surface area contributed by atoms with Crippen molar-refractivity contribution in [1.29, 1.82) is 0 Å². The first kappa shape index (κ1) is 23.9. The van der Waals surface area contributed by atoms with E-state index in [1.54, 1.807) is 17.0 Å². The quantitative estimate of drug-likeness (QED) is 0.552. The van der Waals surface area contributed by atoms with E-state index in [2.05, 4.69) is 35.9 Å². The summed E-state index contributed by atoms with van der Waals surface area (Å²) in [5, 5.41) is 4.03. The van der Waals surface area contributed by atoms with Gasteiger partial charge in [0, 0.05) is 56.3 Å². The van der Waals surface area contributed by atoms with Crippen molar-refractivity contribution < 1.29 is 9.18 Å². The summed E-state index contributed by atoms with van der Waals surface area (Å²) in [6.45, 7) is 12.3. The van der Waals surface area contributed by atoms with Gasteiger partial charge >= 0.3 is 6.03 Å². The molecule has 2 amide bonds. The molecule has 0 atom stereocenters. The first-order valence-corrected chi connectivity index (χ1v) is 13.3. The maximum absolute atomic E-state index is 13.5. The van der Waals surface area contributed by atoms with Crippen LogP contribution in [-0.2, 0) is 19.4 Å². The lowest BCUT2D eigenvalue weighted by Crippen LogP contribution is -2.50. The van der Waals surface area contributed by atoms with Crippen molar-refractivity contribution in [3.05, 3.63) is 46.3 Å². The number of urea groups is 1.